The lowest BCUT2D eigenvalue weighted by molar-refractivity contribution is 0.101. The molecule has 0 radical (unpaired) electrons. The van der Waals surface area contributed by atoms with Crippen LogP contribution in [0.1, 0.15) is 28.5 Å². The predicted octanol–water partition coefficient (Wildman–Crippen LogP) is 4.97. The molecule has 0 bridgehead atoms. The van der Waals surface area contributed by atoms with Crippen LogP contribution < -0.4 is 4.90 Å². The highest BCUT2D eigenvalue weighted by Crippen LogP contribution is 2.23. The van der Waals surface area contributed by atoms with Gasteiger partial charge in [-0.3, -0.25) is 4.79 Å². The summed E-state index contributed by atoms with van der Waals surface area (Å²) in [4.78, 5) is 21.7. The minimum Gasteiger partial charge on any atom is -0.351 e. The van der Waals surface area contributed by atoms with Gasteiger partial charge in [0.2, 0.25) is 0 Å². The molecule has 0 aliphatic rings. The first-order valence-electron chi connectivity index (χ1n) is 9.01. The maximum absolute atomic E-state index is 11.7. The van der Waals surface area contributed by atoms with E-state index in [1.165, 1.54) is 11.1 Å². The van der Waals surface area contributed by atoms with E-state index in [-0.39, 0.29) is 5.78 Å². The Morgan fingerprint density at radius 1 is 0.926 bits per heavy atom. The summed E-state index contributed by atoms with van der Waals surface area (Å²) in [6.07, 6.45) is 1.81. The van der Waals surface area contributed by atoms with Gasteiger partial charge in [0.1, 0.15) is 5.82 Å². The van der Waals surface area contributed by atoms with Gasteiger partial charge in [0.05, 0.1) is 17.4 Å². The van der Waals surface area contributed by atoms with Gasteiger partial charge in [-0.1, -0.05) is 60.7 Å². The Morgan fingerprint density at radius 2 is 1.52 bits per heavy atom. The largest absolute Gasteiger partial charge is 0.351 e. The number of nitrogens with one attached hydrogen (secondary N) is 1. The maximum atomic E-state index is 11.7. The van der Waals surface area contributed by atoms with E-state index < -0.39 is 0 Å². The van der Waals surface area contributed by atoms with Gasteiger partial charge in [-0.25, -0.2) is 4.98 Å². The Balaban J connectivity index is 1.70. The van der Waals surface area contributed by atoms with Crippen molar-refractivity contribution < 1.29 is 4.79 Å². The molecule has 0 spiro atoms. The van der Waals surface area contributed by atoms with Crippen LogP contribution in [0.2, 0.25) is 0 Å². The van der Waals surface area contributed by atoms with Crippen molar-refractivity contribution in [3.8, 4) is 0 Å². The molecule has 0 fully saturated rings. The Labute approximate surface area is 158 Å². The van der Waals surface area contributed by atoms with Crippen LogP contribution in [-0.2, 0) is 13.1 Å². The van der Waals surface area contributed by atoms with E-state index in [1.54, 1.807) is 13.1 Å². The molecule has 4 aromatic rings. The zero-order valence-electron chi connectivity index (χ0n) is 15.2. The molecule has 0 aliphatic heterocycles. The molecule has 0 amide bonds. The lowest BCUT2D eigenvalue weighted by atomic mass is 10.1. The van der Waals surface area contributed by atoms with Crippen LogP contribution in [0, 0.1) is 0 Å². The van der Waals surface area contributed by atoms with E-state index in [4.69, 9.17) is 0 Å². The summed E-state index contributed by atoms with van der Waals surface area (Å²) in [7, 11) is 0. The molecule has 1 N–H and O–H groups in total. The highest BCUT2D eigenvalue weighted by atomic mass is 16.1. The number of benzene rings is 2. The zero-order valence-corrected chi connectivity index (χ0v) is 15.2. The Kier molecular flexibility index (Phi) is 4.71. The number of pyridine rings is 1. The average Bonchev–Trinajstić information content (AvgIpc) is 3.13. The molecule has 2 heterocycles. The third-order valence-electron chi connectivity index (χ3n) is 4.63. The van der Waals surface area contributed by atoms with Crippen molar-refractivity contribution in [2.75, 3.05) is 4.90 Å². The number of ketones is 1. The van der Waals surface area contributed by atoms with E-state index in [0.717, 1.165) is 29.8 Å². The first-order valence-corrected chi connectivity index (χ1v) is 9.01. The van der Waals surface area contributed by atoms with Crippen molar-refractivity contribution in [1.82, 2.24) is 9.97 Å². The number of aromatic nitrogens is 2. The third kappa shape index (κ3) is 3.90. The highest BCUT2D eigenvalue weighted by Gasteiger charge is 2.12. The van der Waals surface area contributed by atoms with Crippen LogP contribution in [-0.4, -0.2) is 15.8 Å². The Morgan fingerprint density at radius 3 is 2.07 bits per heavy atom. The molecule has 0 aliphatic carbocycles. The summed E-state index contributed by atoms with van der Waals surface area (Å²) in [6.45, 7) is 3.09. The van der Waals surface area contributed by atoms with Crippen LogP contribution in [0.4, 0.5) is 5.82 Å². The molecule has 2 aromatic carbocycles. The first kappa shape index (κ1) is 17.0. The van der Waals surface area contributed by atoms with Gasteiger partial charge >= 0.3 is 0 Å². The SMILES string of the molecule is CC(=O)c1cc2cc(N(Cc3ccccc3)Cc3ccccc3)ncc2[nH]1. The second-order valence-electron chi connectivity index (χ2n) is 6.70. The van der Waals surface area contributed by atoms with Crippen LogP contribution in [0.3, 0.4) is 0 Å². The standard InChI is InChI=1S/C23H21N3O/c1-17(27)21-12-20-13-23(24-14-22(20)25-21)26(15-18-8-4-2-5-9-18)16-19-10-6-3-7-11-19/h2-14,25H,15-16H2,1H3. The number of anilines is 1. The van der Waals surface area contributed by atoms with Crippen molar-refractivity contribution in [2.24, 2.45) is 0 Å². The monoisotopic (exact) mass is 355 g/mol. The van der Waals surface area contributed by atoms with E-state index in [1.807, 2.05) is 24.3 Å². The minimum absolute atomic E-state index is 0.0261. The Bertz CT molecular complexity index is 1010. The predicted molar refractivity (Wildman–Crippen MR) is 109 cm³/mol. The molecule has 4 heteroatoms. The van der Waals surface area contributed by atoms with Crippen molar-refractivity contribution >= 4 is 22.5 Å². The molecule has 0 atom stereocenters. The molecule has 134 valence electrons. The summed E-state index contributed by atoms with van der Waals surface area (Å²) >= 11 is 0. The lowest BCUT2D eigenvalue weighted by Gasteiger charge is -2.24. The first-order chi connectivity index (χ1) is 13.2. The van der Waals surface area contributed by atoms with Crippen molar-refractivity contribution in [2.45, 2.75) is 20.0 Å². The van der Waals surface area contributed by atoms with Gasteiger partial charge in [-0.15, -0.1) is 0 Å². The molecule has 0 saturated heterocycles. The number of rotatable bonds is 6. The molecule has 4 rings (SSSR count). The molecule has 2 aromatic heterocycles. The third-order valence-corrected chi connectivity index (χ3v) is 4.63. The van der Waals surface area contributed by atoms with Gasteiger partial charge in [0.25, 0.3) is 0 Å². The second kappa shape index (κ2) is 7.46. The smallest absolute Gasteiger partial charge is 0.175 e. The van der Waals surface area contributed by atoms with Gasteiger partial charge in [0.15, 0.2) is 5.78 Å². The summed E-state index contributed by atoms with van der Waals surface area (Å²) in [5, 5.41) is 0.997. The number of hydrogen-bond acceptors (Lipinski definition) is 3. The van der Waals surface area contributed by atoms with Crippen LogP contribution >= 0.6 is 0 Å². The fourth-order valence-electron chi connectivity index (χ4n) is 3.21. The van der Waals surface area contributed by atoms with E-state index in [2.05, 4.69) is 63.4 Å². The number of aromatic amines is 1. The van der Waals surface area contributed by atoms with Crippen LogP contribution in [0.25, 0.3) is 10.9 Å². The molecular formula is C23H21N3O. The average molecular weight is 355 g/mol. The quantitative estimate of drug-likeness (QED) is 0.497. The molecule has 0 unspecified atom stereocenters. The summed E-state index contributed by atoms with van der Waals surface area (Å²) in [6, 6.07) is 24.7. The van der Waals surface area contributed by atoms with Crippen molar-refractivity contribution in [1.29, 1.82) is 0 Å². The zero-order chi connectivity index (χ0) is 18.6. The van der Waals surface area contributed by atoms with Gasteiger partial charge in [-0.2, -0.15) is 0 Å². The fourth-order valence-corrected chi connectivity index (χ4v) is 3.21. The molecule has 27 heavy (non-hydrogen) atoms. The number of Topliss-reactive ketones (excluding diaryl/α,β-unsaturated/α-hetero) is 1. The van der Waals surface area contributed by atoms with Crippen LogP contribution in [0.5, 0.6) is 0 Å². The minimum atomic E-state index is 0.0261. The summed E-state index contributed by atoms with van der Waals surface area (Å²) < 4.78 is 0. The molecule has 0 saturated carbocycles. The number of hydrogen-bond donors (Lipinski definition) is 1. The van der Waals surface area contributed by atoms with E-state index in [9.17, 15) is 4.79 Å². The Hall–Kier alpha value is -3.40. The number of carbonyl (C=O) groups excluding carboxylic acids is 1. The number of carbonyl (C=O) groups is 1. The molecule has 4 nitrogen and oxygen atoms in total. The number of fused-ring (bicyclic) bond motifs is 1. The van der Waals surface area contributed by atoms with Crippen molar-refractivity contribution in [3.05, 3.63) is 95.8 Å². The van der Waals surface area contributed by atoms with Gasteiger partial charge in [-0.05, 0) is 23.3 Å². The highest BCUT2D eigenvalue weighted by molar-refractivity contribution is 5.98. The summed E-state index contributed by atoms with van der Waals surface area (Å²) in [5.41, 5.74) is 3.95. The van der Waals surface area contributed by atoms with E-state index >= 15 is 0 Å². The number of nitrogens with zero attached hydrogens (tertiary/aromatic N) is 2. The fraction of sp³-hybridized carbons (Fsp3) is 0.130. The number of H-pyrrole nitrogens is 1. The van der Waals surface area contributed by atoms with E-state index in [0.29, 0.717) is 5.69 Å². The second-order valence-corrected chi connectivity index (χ2v) is 6.70. The van der Waals surface area contributed by atoms with Crippen LogP contribution in [0.15, 0.2) is 79.0 Å². The maximum Gasteiger partial charge on any atom is 0.175 e. The topological polar surface area (TPSA) is 49.0 Å². The normalized spacial score (nSPS) is 10.9. The van der Waals surface area contributed by atoms with Crippen molar-refractivity contribution in [3.63, 3.8) is 0 Å². The van der Waals surface area contributed by atoms with Gasteiger partial charge in [0, 0.05) is 25.4 Å². The van der Waals surface area contributed by atoms with Gasteiger partial charge < -0.3 is 9.88 Å². The lowest BCUT2D eigenvalue weighted by Crippen LogP contribution is -2.23. The summed E-state index contributed by atoms with van der Waals surface area (Å²) in [5.74, 6) is 0.919. The molecular weight excluding hydrogens is 334 g/mol.